The van der Waals surface area contributed by atoms with Gasteiger partial charge in [-0.05, 0) is 84.0 Å². The lowest BCUT2D eigenvalue weighted by molar-refractivity contribution is -0.139. The fourth-order valence-corrected chi connectivity index (χ4v) is 6.47. The summed E-state index contributed by atoms with van der Waals surface area (Å²) in [5.41, 5.74) is 8.95. The van der Waals surface area contributed by atoms with Crippen LogP contribution in [0.3, 0.4) is 0 Å². The van der Waals surface area contributed by atoms with Crippen molar-refractivity contribution in [2.45, 2.75) is 96.5 Å². The summed E-state index contributed by atoms with van der Waals surface area (Å²) in [7, 11) is 1.42. The van der Waals surface area contributed by atoms with Gasteiger partial charge in [0.2, 0.25) is 0 Å². The zero-order valence-electron chi connectivity index (χ0n) is 25.1. The van der Waals surface area contributed by atoms with Crippen molar-refractivity contribution >= 4 is 12.0 Å². The molecule has 40 heavy (non-hydrogen) atoms. The average molecular weight is 539 g/mol. The molecular weight excluding hydrogens is 492 g/mol. The monoisotopic (exact) mass is 538 g/mol. The first-order chi connectivity index (χ1) is 19.2. The molecule has 1 fully saturated rings. The van der Waals surface area contributed by atoms with E-state index in [9.17, 15) is 9.90 Å². The molecule has 1 saturated carbocycles. The Balaban J connectivity index is 1.60. The number of aliphatic hydroxyl groups is 1. The number of carbonyl (C=O) groups is 1. The molecule has 0 amide bonds. The Bertz CT molecular complexity index is 1320. The zero-order valence-corrected chi connectivity index (χ0v) is 25.1. The quantitative estimate of drug-likeness (QED) is 0.219. The summed E-state index contributed by atoms with van der Waals surface area (Å²) in [6, 6.07) is 22.0. The van der Waals surface area contributed by atoms with Gasteiger partial charge in [0.25, 0.3) is 0 Å². The zero-order chi connectivity index (χ0) is 28.8. The molecule has 3 heteroatoms. The molecule has 0 radical (unpaired) electrons. The first-order valence-electron chi connectivity index (χ1n) is 15.0. The summed E-state index contributed by atoms with van der Waals surface area (Å²) >= 11 is 0. The van der Waals surface area contributed by atoms with Crippen molar-refractivity contribution in [3.8, 4) is 11.1 Å². The summed E-state index contributed by atoms with van der Waals surface area (Å²) in [4.78, 5) is 11.6. The molecular formula is C37H46O3. The van der Waals surface area contributed by atoms with E-state index in [1.54, 1.807) is 0 Å². The van der Waals surface area contributed by atoms with Gasteiger partial charge in [-0.3, -0.25) is 4.79 Å². The summed E-state index contributed by atoms with van der Waals surface area (Å²) in [6.07, 6.45) is 12.9. The smallest absolute Gasteiger partial charge is 0.309 e. The van der Waals surface area contributed by atoms with Crippen LogP contribution in [0.5, 0.6) is 0 Å². The molecule has 3 nitrogen and oxygen atoms in total. The lowest BCUT2D eigenvalue weighted by Gasteiger charge is -2.34. The largest absolute Gasteiger partial charge is 0.469 e. The molecule has 0 heterocycles. The standard InChI is InChI=1S/C37H46O3/c1-6-37(7-2,32-17-16-30(27(3)24-32)20-23-36(39)21-10-8-9-11-22-36)33-18-19-34(28(4)25-33)31-14-12-29(13-15-31)26-35(38)40-5/h12-20,23-25,39H,6-11,21-22,26H2,1-5H3. The molecule has 0 aromatic heterocycles. The summed E-state index contributed by atoms with van der Waals surface area (Å²) < 4.78 is 4.80. The normalized spacial score (nSPS) is 15.7. The van der Waals surface area contributed by atoms with Crippen molar-refractivity contribution < 1.29 is 14.6 Å². The molecule has 0 unspecified atom stereocenters. The highest BCUT2D eigenvalue weighted by Gasteiger charge is 2.31. The molecule has 4 rings (SSSR count). The highest BCUT2D eigenvalue weighted by atomic mass is 16.5. The Morgan fingerprint density at radius 3 is 2.02 bits per heavy atom. The minimum atomic E-state index is -0.668. The third-order valence-corrected chi connectivity index (χ3v) is 9.19. The van der Waals surface area contributed by atoms with E-state index in [1.807, 2.05) is 12.1 Å². The molecule has 0 bridgehead atoms. The SMILES string of the molecule is CCC(CC)(c1ccc(C=CC2(O)CCCCCC2)c(C)c1)c1ccc(-c2ccc(CC(=O)OC)cc2)c(C)c1. The molecule has 0 saturated heterocycles. The van der Waals surface area contributed by atoms with Crippen LogP contribution in [0, 0.1) is 13.8 Å². The molecule has 0 spiro atoms. The molecule has 1 aliphatic rings. The van der Waals surface area contributed by atoms with E-state index >= 15 is 0 Å². The molecule has 1 N–H and O–H groups in total. The van der Waals surface area contributed by atoms with Crippen molar-refractivity contribution in [1.29, 1.82) is 0 Å². The predicted octanol–water partition coefficient (Wildman–Crippen LogP) is 8.89. The summed E-state index contributed by atoms with van der Waals surface area (Å²) in [5.74, 6) is -0.222. The van der Waals surface area contributed by atoms with Crippen molar-refractivity contribution in [3.05, 3.63) is 100 Å². The first kappa shape index (κ1) is 29.8. The summed E-state index contributed by atoms with van der Waals surface area (Å²) in [6.45, 7) is 8.96. The first-order valence-corrected chi connectivity index (χ1v) is 15.0. The van der Waals surface area contributed by atoms with Gasteiger partial charge in [0.15, 0.2) is 0 Å². The number of ether oxygens (including phenoxy) is 1. The lowest BCUT2D eigenvalue weighted by Crippen LogP contribution is -2.26. The van der Waals surface area contributed by atoms with Crippen LogP contribution in [-0.2, 0) is 21.4 Å². The second kappa shape index (κ2) is 13.0. The third-order valence-electron chi connectivity index (χ3n) is 9.19. The number of esters is 1. The number of rotatable bonds is 9. The molecule has 1 aliphatic carbocycles. The van der Waals surface area contributed by atoms with E-state index in [0.29, 0.717) is 6.42 Å². The Labute approximate surface area is 241 Å². The molecule has 0 atom stereocenters. The van der Waals surface area contributed by atoms with E-state index in [0.717, 1.165) is 49.7 Å². The maximum atomic E-state index is 11.6. The van der Waals surface area contributed by atoms with Crippen molar-refractivity contribution in [3.63, 3.8) is 0 Å². The fraction of sp³-hybridized carbons (Fsp3) is 0.432. The van der Waals surface area contributed by atoms with Gasteiger partial charge in [-0.1, -0.05) is 112 Å². The van der Waals surface area contributed by atoms with Crippen LogP contribution in [0.2, 0.25) is 0 Å². The maximum absolute atomic E-state index is 11.6. The number of hydrogen-bond acceptors (Lipinski definition) is 3. The fourth-order valence-electron chi connectivity index (χ4n) is 6.47. The molecule has 3 aromatic rings. The van der Waals surface area contributed by atoms with Crippen molar-refractivity contribution in [2.75, 3.05) is 7.11 Å². The maximum Gasteiger partial charge on any atom is 0.309 e. The predicted molar refractivity (Wildman–Crippen MR) is 167 cm³/mol. The van der Waals surface area contributed by atoms with Gasteiger partial charge >= 0.3 is 5.97 Å². The number of aryl methyl sites for hydroxylation is 2. The number of methoxy groups -OCH3 is 1. The Kier molecular flexibility index (Phi) is 9.68. The van der Waals surface area contributed by atoms with E-state index in [1.165, 1.54) is 53.3 Å². The second-order valence-corrected chi connectivity index (χ2v) is 11.7. The van der Waals surface area contributed by atoms with Gasteiger partial charge in [0.05, 0.1) is 19.1 Å². The van der Waals surface area contributed by atoms with Crippen molar-refractivity contribution in [2.24, 2.45) is 0 Å². The third kappa shape index (κ3) is 6.58. The Morgan fingerprint density at radius 2 is 1.48 bits per heavy atom. The Morgan fingerprint density at radius 1 is 0.875 bits per heavy atom. The van der Waals surface area contributed by atoms with E-state index in [4.69, 9.17) is 4.74 Å². The van der Waals surface area contributed by atoms with E-state index in [-0.39, 0.29) is 11.4 Å². The van der Waals surface area contributed by atoms with Gasteiger partial charge < -0.3 is 9.84 Å². The van der Waals surface area contributed by atoms with Crippen LogP contribution in [0.4, 0.5) is 0 Å². The van der Waals surface area contributed by atoms with Crippen LogP contribution in [-0.4, -0.2) is 23.8 Å². The van der Waals surface area contributed by atoms with Gasteiger partial charge in [-0.2, -0.15) is 0 Å². The minimum absolute atomic E-state index is 0.0693. The van der Waals surface area contributed by atoms with Crippen LogP contribution < -0.4 is 0 Å². The van der Waals surface area contributed by atoms with Gasteiger partial charge in [0.1, 0.15) is 0 Å². The average Bonchev–Trinajstić information content (AvgIpc) is 3.18. The number of hydrogen-bond donors (Lipinski definition) is 1. The highest BCUT2D eigenvalue weighted by molar-refractivity contribution is 5.73. The van der Waals surface area contributed by atoms with E-state index in [2.05, 4.69) is 88.4 Å². The topological polar surface area (TPSA) is 46.5 Å². The Hall–Kier alpha value is -3.17. The van der Waals surface area contributed by atoms with Gasteiger partial charge in [0, 0.05) is 5.41 Å². The van der Waals surface area contributed by atoms with Crippen molar-refractivity contribution in [1.82, 2.24) is 0 Å². The summed E-state index contributed by atoms with van der Waals surface area (Å²) in [5, 5.41) is 11.1. The second-order valence-electron chi connectivity index (χ2n) is 11.7. The van der Waals surface area contributed by atoms with Gasteiger partial charge in [-0.25, -0.2) is 0 Å². The van der Waals surface area contributed by atoms with E-state index < -0.39 is 5.60 Å². The molecule has 212 valence electrons. The van der Waals surface area contributed by atoms with Crippen LogP contribution in [0.1, 0.15) is 98.6 Å². The highest BCUT2D eigenvalue weighted by Crippen LogP contribution is 2.41. The van der Waals surface area contributed by atoms with Crippen LogP contribution in [0.15, 0.2) is 66.7 Å². The molecule has 0 aliphatic heterocycles. The minimum Gasteiger partial charge on any atom is -0.469 e. The van der Waals surface area contributed by atoms with Gasteiger partial charge in [-0.15, -0.1) is 0 Å². The lowest BCUT2D eigenvalue weighted by atomic mass is 9.69. The number of benzene rings is 3. The van der Waals surface area contributed by atoms with Crippen LogP contribution >= 0.6 is 0 Å². The number of carbonyl (C=O) groups excluding carboxylic acids is 1. The molecule has 3 aromatic carbocycles. The van der Waals surface area contributed by atoms with Crippen LogP contribution in [0.25, 0.3) is 17.2 Å².